The number of nitrogens with one attached hydrogen (secondary N) is 3. The summed E-state index contributed by atoms with van der Waals surface area (Å²) < 4.78 is 57.5. The number of β-amino-alcohol motifs (C(OH)–C–C–N with tert-alkyl or cyclic N) is 1. The molecule has 2 aliphatic carbocycles. The maximum absolute atomic E-state index is 13.5. The van der Waals surface area contributed by atoms with E-state index in [-0.39, 0.29) is 44.4 Å². The standard InChI is InChI=1S/C20H28F2N6O.C18H24F2N6/c1-13-11-14(2)28(26-13)19-24-17-12-27(9-10-29)8-5-16(17)18(25-19)23-15-3-6-20(21,22)7-4-15;1-11-9-12(2)26(25-11)17-23-15-10-21-8-5-14(15)16(24-17)22-13-3-6-18(19,20)7-4-13/h11,15,29H,3-10,12H2,1-2H3,(H,23,24,25);9,13,21H,3-8,10H2,1-2H3,(H,22,23,24). The lowest BCUT2D eigenvalue weighted by Gasteiger charge is -2.32. The van der Waals surface area contributed by atoms with Crippen molar-refractivity contribution >= 4 is 11.6 Å². The van der Waals surface area contributed by atoms with Crippen LogP contribution in [0.4, 0.5) is 29.2 Å². The largest absolute Gasteiger partial charge is 0.395 e. The van der Waals surface area contributed by atoms with Gasteiger partial charge in [0.2, 0.25) is 11.8 Å². The second-order valence-electron chi connectivity index (χ2n) is 15.5. The van der Waals surface area contributed by atoms with Gasteiger partial charge in [-0.25, -0.2) is 36.9 Å². The fourth-order valence-corrected chi connectivity index (χ4v) is 8.00. The molecule has 0 saturated heterocycles. The highest BCUT2D eigenvalue weighted by molar-refractivity contribution is 5.51. The predicted molar refractivity (Wildman–Crippen MR) is 200 cm³/mol. The number of nitrogens with zero attached hydrogens (tertiary/aromatic N) is 9. The van der Waals surface area contributed by atoms with Gasteiger partial charge in [-0.05, 0) is 84.9 Å². The summed E-state index contributed by atoms with van der Waals surface area (Å²) in [5, 5.41) is 28.5. The molecule has 4 aromatic rings. The van der Waals surface area contributed by atoms with Crippen molar-refractivity contribution in [2.45, 2.75) is 129 Å². The average Bonchev–Trinajstić information content (AvgIpc) is 3.68. The van der Waals surface area contributed by atoms with Gasteiger partial charge >= 0.3 is 0 Å². The quantitative estimate of drug-likeness (QED) is 0.168. The maximum atomic E-state index is 13.5. The second kappa shape index (κ2) is 16.1. The summed E-state index contributed by atoms with van der Waals surface area (Å²) in [7, 11) is 0. The van der Waals surface area contributed by atoms with Gasteiger partial charge in [0.25, 0.3) is 11.9 Å². The Hall–Kier alpha value is -4.22. The number of hydrogen-bond donors (Lipinski definition) is 4. The van der Waals surface area contributed by atoms with Gasteiger partial charge in [0, 0.05) is 86.5 Å². The Labute approximate surface area is 318 Å². The van der Waals surface area contributed by atoms with E-state index in [0.29, 0.717) is 57.2 Å². The molecule has 13 nitrogen and oxygen atoms in total. The van der Waals surface area contributed by atoms with Crippen LogP contribution in [0.25, 0.3) is 11.9 Å². The lowest BCUT2D eigenvalue weighted by atomic mass is 9.92. The molecular weight excluding hydrogens is 716 g/mol. The van der Waals surface area contributed by atoms with Crippen LogP contribution in [0.1, 0.15) is 96.7 Å². The zero-order chi connectivity index (χ0) is 38.9. The van der Waals surface area contributed by atoms with E-state index in [1.54, 1.807) is 9.36 Å². The minimum Gasteiger partial charge on any atom is -0.395 e. The van der Waals surface area contributed by atoms with Gasteiger partial charge in [-0.2, -0.15) is 20.2 Å². The summed E-state index contributed by atoms with van der Waals surface area (Å²) in [6.07, 6.45) is 3.05. The molecule has 6 heterocycles. The van der Waals surface area contributed by atoms with Crippen molar-refractivity contribution in [1.82, 2.24) is 49.7 Å². The van der Waals surface area contributed by atoms with E-state index in [1.807, 2.05) is 39.8 Å². The number of aliphatic hydroxyl groups excluding tert-OH is 1. The lowest BCUT2D eigenvalue weighted by molar-refractivity contribution is -0.0366. The number of aromatic nitrogens is 8. The van der Waals surface area contributed by atoms with Crippen LogP contribution in [-0.2, 0) is 25.9 Å². The van der Waals surface area contributed by atoms with Crippen LogP contribution in [0.2, 0.25) is 0 Å². The average molecular weight is 769 g/mol. The minimum atomic E-state index is -2.55. The molecule has 0 atom stereocenters. The topological polar surface area (TPSA) is 147 Å². The Balaban J connectivity index is 0.000000170. The highest BCUT2D eigenvalue weighted by Gasteiger charge is 2.37. The molecule has 0 amide bonds. The summed E-state index contributed by atoms with van der Waals surface area (Å²) in [6, 6.07) is 3.96. The monoisotopic (exact) mass is 768 g/mol. The Morgan fingerprint density at radius 1 is 0.727 bits per heavy atom. The van der Waals surface area contributed by atoms with Crippen LogP contribution in [0, 0.1) is 27.7 Å². The van der Waals surface area contributed by atoms with E-state index in [2.05, 4.69) is 31.0 Å². The molecule has 17 heteroatoms. The molecule has 2 aliphatic heterocycles. The lowest BCUT2D eigenvalue weighted by Crippen LogP contribution is -2.36. The highest BCUT2D eigenvalue weighted by Crippen LogP contribution is 2.36. The summed E-state index contributed by atoms with van der Waals surface area (Å²) >= 11 is 0. The van der Waals surface area contributed by atoms with Gasteiger partial charge in [0.1, 0.15) is 11.6 Å². The number of fused-ring (bicyclic) bond motifs is 2. The number of hydrogen-bond acceptors (Lipinski definition) is 11. The van der Waals surface area contributed by atoms with Crippen molar-refractivity contribution in [3.63, 3.8) is 0 Å². The zero-order valence-electron chi connectivity index (χ0n) is 32.1. The molecule has 0 radical (unpaired) electrons. The third kappa shape index (κ3) is 9.26. The summed E-state index contributed by atoms with van der Waals surface area (Å²) in [5.74, 6) is -2.55. The van der Waals surface area contributed by atoms with Crippen LogP contribution < -0.4 is 16.0 Å². The molecule has 0 unspecified atom stereocenters. The first kappa shape index (κ1) is 39.0. The van der Waals surface area contributed by atoms with Crippen LogP contribution in [0.5, 0.6) is 0 Å². The van der Waals surface area contributed by atoms with E-state index >= 15 is 0 Å². The third-order valence-corrected chi connectivity index (χ3v) is 11.0. The van der Waals surface area contributed by atoms with Crippen LogP contribution in [0.3, 0.4) is 0 Å². The summed E-state index contributed by atoms with van der Waals surface area (Å²) in [4.78, 5) is 21.1. The molecule has 298 valence electrons. The Morgan fingerprint density at radius 3 is 1.69 bits per heavy atom. The summed E-state index contributed by atoms with van der Waals surface area (Å²) in [6.45, 7) is 11.5. The highest BCUT2D eigenvalue weighted by atomic mass is 19.3. The number of aliphatic hydroxyl groups is 1. The molecule has 4 aromatic heterocycles. The fourth-order valence-electron chi connectivity index (χ4n) is 8.00. The van der Waals surface area contributed by atoms with Gasteiger partial charge in [0.15, 0.2) is 0 Å². The van der Waals surface area contributed by atoms with E-state index < -0.39 is 11.8 Å². The molecule has 4 aliphatic rings. The number of halogens is 4. The van der Waals surface area contributed by atoms with Gasteiger partial charge < -0.3 is 21.1 Å². The normalized spacial score (nSPS) is 19.9. The first-order valence-electron chi connectivity index (χ1n) is 19.5. The molecule has 2 saturated carbocycles. The molecule has 4 N–H and O–H groups in total. The van der Waals surface area contributed by atoms with E-state index in [1.165, 1.54) is 0 Å². The van der Waals surface area contributed by atoms with Crippen molar-refractivity contribution in [3.8, 4) is 11.9 Å². The van der Waals surface area contributed by atoms with Crippen molar-refractivity contribution in [2.75, 3.05) is 36.9 Å². The van der Waals surface area contributed by atoms with E-state index in [9.17, 15) is 22.7 Å². The van der Waals surface area contributed by atoms with Crippen molar-refractivity contribution in [2.24, 2.45) is 0 Å². The Morgan fingerprint density at radius 2 is 1.22 bits per heavy atom. The number of aryl methyl sites for hydroxylation is 4. The molecule has 8 rings (SSSR count). The molecule has 2 fully saturated rings. The summed E-state index contributed by atoms with van der Waals surface area (Å²) in [5.41, 5.74) is 7.69. The van der Waals surface area contributed by atoms with Crippen LogP contribution in [-0.4, -0.2) is 99.7 Å². The number of alkyl halides is 4. The Bertz CT molecular complexity index is 1960. The molecule has 0 aromatic carbocycles. The van der Waals surface area contributed by atoms with Crippen LogP contribution in [0.15, 0.2) is 12.1 Å². The molecule has 55 heavy (non-hydrogen) atoms. The minimum absolute atomic E-state index is 0.0163. The molecular formula is C38H52F4N12O. The molecule has 0 spiro atoms. The second-order valence-corrected chi connectivity index (χ2v) is 15.5. The smallest absolute Gasteiger partial charge is 0.253 e. The zero-order valence-corrected chi connectivity index (χ0v) is 32.1. The predicted octanol–water partition coefficient (Wildman–Crippen LogP) is 5.53. The van der Waals surface area contributed by atoms with E-state index in [4.69, 9.17) is 19.9 Å². The fraction of sp³-hybridized carbons (Fsp3) is 0.632. The van der Waals surface area contributed by atoms with Crippen molar-refractivity contribution in [1.29, 1.82) is 0 Å². The number of rotatable bonds is 8. The van der Waals surface area contributed by atoms with E-state index in [0.717, 1.165) is 82.9 Å². The SMILES string of the molecule is Cc1cc(C)n(-c2nc3c(c(NC4CCC(F)(F)CC4)n2)CCN(CCO)C3)n1.Cc1cc(C)n(-c2nc3c(c(NC4CCC(F)(F)CC4)n2)CCNC3)n1. The van der Waals surface area contributed by atoms with Gasteiger partial charge in [-0.1, -0.05) is 0 Å². The first-order chi connectivity index (χ1) is 26.3. The number of anilines is 2. The maximum Gasteiger partial charge on any atom is 0.253 e. The molecule has 0 bridgehead atoms. The van der Waals surface area contributed by atoms with Crippen molar-refractivity contribution in [3.05, 3.63) is 57.4 Å². The van der Waals surface area contributed by atoms with Gasteiger partial charge in [0.05, 0.1) is 29.4 Å². The Kier molecular flexibility index (Phi) is 11.4. The van der Waals surface area contributed by atoms with Gasteiger partial charge in [-0.15, -0.1) is 0 Å². The van der Waals surface area contributed by atoms with Gasteiger partial charge in [-0.3, -0.25) is 4.90 Å². The third-order valence-electron chi connectivity index (χ3n) is 11.0. The van der Waals surface area contributed by atoms with Crippen molar-refractivity contribution < 1.29 is 22.7 Å². The van der Waals surface area contributed by atoms with Crippen LogP contribution >= 0.6 is 0 Å². The first-order valence-corrected chi connectivity index (χ1v) is 19.5.